The van der Waals surface area contributed by atoms with Gasteiger partial charge in [-0.15, -0.1) is 0 Å². The molecule has 3 unspecified atom stereocenters. The van der Waals surface area contributed by atoms with Crippen LogP contribution < -0.4 is 0 Å². The van der Waals surface area contributed by atoms with Crippen LogP contribution in [0.4, 0.5) is 0 Å². The van der Waals surface area contributed by atoms with Gasteiger partial charge in [-0.3, -0.25) is 9.69 Å². The summed E-state index contributed by atoms with van der Waals surface area (Å²) in [6, 6.07) is -0.514. The fourth-order valence-corrected chi connectivity index (χ4v) is 2.26. The highest BCUT2D eigenvalue weighted by molar-refractivity contribution is 5.73. The second kappa shape index (κ2) is 6.18. The average molecular weight is 231 g/mol. The molecule has 0 amide bonds. The highest BCUT2D eigenvalue weighted by Crippen LogP contribution is 2.25. The molecule has 1 rings (SSSR count). The number of carboxylic acids is 1. The molecule has 0 aromatic carbocycles. The van der Waals surface area contributed by atoms with Crippen molar-refractivity contribution in [3.63, 3.8) is 0 Å². The number of carboxylic acid groups (broad SMARTS) is 1. The fourth-order valence-electron chi connectivity index (χ4n) is 2.26. The van der Waals surface area contributed by atoms with Crippen molar-refractivity contribution in [2.45, 2.75) is 38.3 Å². The van der Waals surface area contributed by atoms with Gasteiger partial charge in [-0.1, -0.05) is 13.3 Å². The lowest BCUT2D eigenvalue weighted by Gasteiger charge is -2.37. The number of β-amino-alcohol motifs (C(OH)–C–C–N with tert-alkyl or cyclic N) is 1. The standard InChI is InChI=1S/C11H21NO4/c1-2-8-3-4-12(6-9(14)7-13)10(5-8)11(15)16/h8-10,13-14H,2-7H2,1H3,(H,15,16). The lowest BCUT2D eigenvalue weighted by Crippen LogP contribution is -2.50. The molecule has 16 heavy (non-hydrogen) atoms. The number of hydrogen-bond donors (Lipinski definition) is 3. The van der Waals surface area contributed by atoms with Crippen molar-refractivity contribution < 1.29 is 20.1 Å². The summed E-state index contributed by atoms with van der Waals surface area (Å²) in [7, 11) is 0. The Morgan fingerprint density at radius 2 is 2.25 bits per heavy atom. The second-order valence-corrected chi connectivity index (χ2v) is 4.48. The van der Waals surface area contributed by atoms with Crippen molar-refractivity contribution in [1.29, 1.82) is 0 Å². The number of aliphatic hydroxyl groups is 2. The summed E-state index contributed by atoms with van der Waals surface area (Å²) in [5.74, 6) is -0.369. The maximum absolute atomic E-state index is 11.1. The van der Waals surface area contributed by atoms with Crippen LogP contribution >= 0.6 is 0 Å². The van der Waals surface area contributed by atoms with Gasteiger partial charge in [0.05, 0.1) is 12.7 Å². The first-order chi connectivity index (χ1) is 7.58. The molecule has 1 aliphatic rings. The summed E-state index contributed by atoms with van der Waals surface area (Å²) >= 11 is 0. The molecule has 3 atom stereocenters. The molecule has 5 heteroatoms. The molecular formula is C11H21NO4. The van der Waals surface area contributed by atoms with Crippen molar-refractivity contribution in [1.82, 2.24) is 4.90 Å². The third-order valence-electron chi connectivity index (χ3n) is 3.34. The smallest absolute Gasteiger partial charge is 0.320 e. The lowest BCUT2D eigenvalue weighted by atomic mass is 9.88. The van der Waals surface area contributed by atoms with Crippen molar-refractivity contribution >= 4 is 5.97 Å². The summed E-state index contributed by atoms with van der Waals surface area (Å²) in [4.78, 5) is 12.9. The van der Waals surface area contributed by atoms with E-state index >= 15 is 0 Å². The molecule has 0 radical (unpaired) electrons. The van der Waals surface area contributed by atoms with Crippen LogP contribution in [-0.4, -0.2) is 58.0 Å². The van der Waals surface area contributed by atoms with Gasteiger partial charge in [0.25, 0.3) is 0 Å². The largest absolute Gasteiger partial charge is 0.480 e. The van der Waals surface area contributed by atoms with Gasteiger partial charge in [0.15, 0.2) is 0 Å². The van der Waals surface area contributed by atoms with Gasteiger partial charge in [0.2, 0.25) is 0 Å². The van der Waals surface area contributed by atoms with Crippen LogP contribution in [0, 0.1) is 5.92 Å². The Bertz CT molecular complexity index is 234. The first-order valence-electron chi connectivity index (χ1n) is 5.84. The minimum Gasteiger partial charge on any atom is -0.480 e. The highest BCUT2D eigenvalue weighted by Gasteiger charge is 2.33. The molecule has 0 aromatic rings. The average Bonchev–Trinajstić information content (AvgIpc) is 2.29. The van der Waals surface area contributed by atoms with Crippen LogP contribution in [0.2, 0.25) is 0 Å². The Balaban J connectivity index is 2.58. The molecule has 94 valence electrons. The van der Waals surface area contributed by atoms with Crippen LogP contribution in [0.3, 0.4) is 0 Å². The van der Waals surface area contributed by atoms with Crippen LogP contribution in [-0.2, 0) is 4.79 Å². The molecule has 0 aliphatic carbocycles. The SMILES string of the molecule is CCC1CCN(CC(O)CO)C(C(=O)O)C1. The Morgan fingerprint density at radius 3 is 2.75 bits per heavy atom. The van der Waals surface area contributed by atoms with E-state index in [0.29, 0.717) is 18.9 Å². The first-order valence-corrected chi connectivity index (χ1v) is 5.84. The van der Waals surface area contributed by atoms with Crippen LogP contribution in [0.1, 0.15) is 26.2 Å². The number of piperidine rings is 1. The second-order valence-electron chi connectivity index (χ2n) is 4.48. The number of likely N-dealkylation sites (tertiary alicyclic amines) is 1. The van der Waals surface area contributed by atoms with E-state index in [4.69, 9.17) is 10.2 Å². The number of nitrogens with zero attached hydrogens (tertiary/aromatic N) is 1. The summed E-state index contributed by atoms with van der Waals surface area (Å²) in [5, 5.41) is 27.2. The van der Waals surface area contributed by atoms with E-state index < -0.39 is 18.1 Å². The van der Waals surface area contributed by atoms with Gasteiger partial charge in [0, 0.05) is 6.54 Å². The predicted octanol–water partition coefficient (Wildman–Crippen LogP) is -0.0852. The monoisotopic (exact) mass is 231 g/mol. The Morgan fingerprint density at radius 1 is 1.56 bits per heavy atom. The molecule has 1 aliphatic heterocycles. The van der Waals surface area contributed by atoms with Gasteiger partial charge in [-0.2, -0.15) is 0 Å². The normalized spacial score (nSPS) is 28.9. The van der Waals surface area contributed by atoms with Crippen LogP contribution in [0.15, 0.2) is 0 Å². The topological polar surface area (TPSA) is 81.0 Å². The maximum atomic E-state index is 11.1. The van der Waals surface area contributed by atoms with Crippen LogP contribution in [0.5, 0.6) is 0 Å². The van der Waals surface area contributed by atoms with E-state index in [0.717, 1.165) is 12.8 Å². The van der Waals surface area contributed by atoms with Gasteiger partial charge in [-0.05, 0) is 25.3 Å². The molecule has 0 bridgehead atoms. The molecule has 1 fully saturated rings. The number of hydrogen-bond acceptors (Lipinski definition) is 4. The summed E-state index contributed by atoms with van der Waals surface area (Å²) in [6.45, 7) is 2.68. The lowest BCUT2D eigenvalue weighted by molar-refractivity contribution is -0.146. The molecule has 0 saturated carbocycles. The van der Waals surface area contributed by atoms with E-state index in [1.807, 2.05) is 0 Å². The van der Waals surface area contributed by atoms with E-state index in [1.54, 1.807) is 4.90 Å². The number of carbonyl (C=O) groups is 1. The Hall–Kier alpha value is -0.650. The Kier molecular flexibility index (Phi) is 5.18. The summed E-state index contributed by atoms with van der Waals surface area (Å²) < 4.78 is 0. The first kappa shape index (κ1) is 13.4. The van der Waals surface area contributed by atoms with Gasteiger partial charge >= 0.3 is 5.97 Å². The van der Waals surface area contributed by atoms with Crippen molar-refractivity contribution in [2.75, 3.05) is 19.7 Å². The van der Waals surface area contributed by atoms with E-state index in [2.05, 4.69) is 6.92 Å². The van der Waals surface area contributed by atoms with Crippen molar-refractivity contribution in [3.05, 3.63) is 0 Å². The quantitative estimate of drug-likeness (QED) is 0.616. The van der Waals surface area contributed by atoms with E-state index in [9.17, 15) is 9.90 Å². The Labute approximate surface area is 95.7 Å². The number of aliphatic hydroxyl groups excluding tert-OH is 2. The summed E-state index contributed by atoms with van der Waals surface area (Å²) in [6.07, 6.45) is 1.77. The van der Waals surface area contributed by atoms with Crippen LogP contribution in [0.25, 0.3) is 0 Å². The van der Waals surface area contributed by atoms with E-state index in [1.165, 1.54) is 0 Å². The molecule has 0 spiro atoms. The fraction of sp³-hybridized carbons (Fsp3) is 0.909. The number of rotatable bonds is 5. The predicted molar refractivity (Wildman–Crippen MR) is 59.1 cm³/mol. The van der Waals surface area contributed by atoms with Gasteiger partial charge in [0.1, 0.15) is 6.04 Å². The minimum absolute atomic E-state index is 0.240. The molecule has 1 saturated heterocycles. The van der Waals surface area contributed by atoms with Gasteiger partial charge < -0.3 is 15.3 Å². The minimum atomic E-state index is -0.847. The van der Waals surface area contributed by atoms with Crippen molar-refractivity contribution in [3.8, 4) is 0 Å². The number of aliphatic carboxylic acids is 1. The molecule has 5 nitrogen and oxygen atoms in total. The molecule has 3 N–H and O–H groups in total. The maximum Gasteiger partial charge on any atom is 0.320 e. The molecule has 0 aromatic heterocycles. The zero-order chi connectivity index (χ0) is 12.1. The van der Waals surface area contributed by atoms with Gasteiger partial charge in [-0.25, -0.2) is 0 Å². The van der Waals surface area contributed by atoms with E-state index in [-0.39, 0.29) is 13.2 Å². The zero-order valence-corrected chi connectivity index (χ0v) is 9.67. The third-order valence-corrected chi connectivity index (χ3v) is 3.34. The van der Waals surface area contributed by atoms with Crippen molar-refractivity contribution in [2.24, 2.45) is 5.92 Å². The summed E-state index contributed by atoms with van der Waals surface area (Å²) in [5.41, 5.74) is 0. The highest BCUT2D eigenvalue weighted by atomic mass is 16.4. The third kappa shape index (κ3) is 3.43. The molecule has 1 heterocycles. The zero-order valence-electron chi connectivity index (χ0n) is 9.67. The molecular weight excluding hydrogens is 210 g/mol.